The van der Waals surface area contributed by atoms with Gasteiger partial charge < -0.3 is 39.1 Å². The molecule has 0 aromatic carbocycles. The normalized spacial score (nSPS) is 25.4. The smallest absolute Gasteiger partial charge is 0.232 e. The van der Waals surface area contributed by atoms with Crippen molar-refractivity contribution in [1.29, 1.82) is 0 Å². The lowest BCUT2D eigenvalue weighted by Gasteiger charge is -2.57. The van der Waals surface area contributed by atoms with E-state index in [0.29, 0.717) is 24.4 Å². The number of aromatic nitrogens is 6. The monoisotopic (exact) mass is 1790 g/mol. The average molecular weight is 1790 g/mol. The standard InChI is InChI=1S/C60H111N9O3.C45H87N9O2/c1-16-19-37-64(46-40-55(4,5)67(56(6,7)41-46)70-49-31-25-22-26-32-49)52-61-53(65(38-20-17-2)47-42-57(8,9)68(58(10,11)43-47)71-50-33-27-23-28-34-50)63-54(62-52)66(39-21-18-3)48-44-59(12,13)69(60(14,15)45-48)72-51-35-29-24-30-36-51;1-19-22-25-50(34-28-40(4,5)49(16)41(6,7)29-34)37-46-38(51(26-23-20-2)35-30-42(8,9)53(55-17)43(10,11)31-35)48-39(47-37)52(27-24-21-3)36-32-44(12,13)54(56-18)45(14,15)33-36/h46-51H,16-45H2,1-15H3;34-36H,19-33H2,1-18H3. The molecule has 23 nitrogen and oxygen atoms in total. The highest BCUT2D eigenvalue weighted by molar-refractivity contribution is 5.51. The predicted octanol–water partition coefficient (Wildman–Crippen LogP) is 24.1. The molecule has 3 saturated carbocycles. The van der Waals surface area contributed by atoms with E-state index in [-0.39, 0.29) is 96.7 Å². The van der Waals surface area contributed by atoms with E-state index in [0.717, 1.165) is 268 Å². The van der Waals surface area contributed by atoms with Crippen LogP contribution in [0.1, 0.15) is 458 Å². The zero-order valence-electron chi connectivity index (χ0n) is 89.1. The van der Waals surface area contributed by atoms with E-state index in [9.17, 15) is 0 Å². The molecule has 128 heavy (non-hydrogen) atoms. The van der Waals surface area contributed by atoms with Gasteiger partial charge in [-0.1, -0.05) is 138 Å². The maximum absolute atomic E-state index is 7.09. The fourth-order valence-corrected chi connectivity index (χ4v) is 26.6. The quantitative estimate of drug-likeness (QED) is 0.0623. The minimum Gasteiger partial charge on any atom is -0.338 e. The van der Waals surface area contributed by atoms with Crippen molar-refractivity contribution in [3.8, 4) is 0 Å². The lowest BCUT2D eigenvalue weighted by atomic mass is 9.77. The van der Waals surface area contributed by atoms with Gasteiger partial charge in [-0.3, -0.25) is 19.4 Å². The molecule has 0 N–H and O–H groups in total. The van der Waals surface area contributed by atoms with Gasteiger partial charge in [-0.2, -0.15) is 55.2 Å². The summed E-state index contributed by atoms with van der Waals surface area (Å²) in [6.45, 7) is 76.7. The van der Waals surface area contributed by atoms with Crippen LogP contribution < -0.4 is 29.4 Å². The highest BCUT2D eigenvalue weighted by atomic mass is 16.7. The Bertz CT molecular complexity index is 3300. The summed E-state index contributed by atoms with van der Waals surface area (Å²) < 4.78 is 0. The van der Waals surface area contributed by atoms with Gasteiger partial charge in [0.2, 0.25) is 35.7 Å². The van der Waals surface area contributed by atoms with Gasteiger partial charge in [0, 0.05) is 142 Å². The SMILES string of the molecule is CCCCN(c1nc(N(CCCC)C2CC(C)(C)N(OC)C(C)(C)C2)nc(N(CCCC)C2CC(C)(C)N(OC)C(C)(C)C2)n1)C1CC(C)(C)N(C)C(C)(C)C1.CCCCN(c1nc(N(CCCC)C2CC(C)(C)N(OC3CCCCC3)C(C)(C)C2)nc(N(CCCC)C2CC(C)(C)N(OC3CCCCC3)C(C)(C)C2)n1)C1CC(C)(C)N(OC2CCCCC2)C(C)(C)C1. The van der Waals surface area contributed by atoms with Crippen LogP contribution in [0.25, 0.3) is 0 Å². The Labute approximate surface area is 784 Å². The van der Waals surface area contributed by atoms with Gasteiger partial charge in [-0.25, -0.2) is 0 Å². The molecular formula is C105H198N18O5. The number of likely N-dealkylation sites (tertiary alicyclic amines) is 1. The summed E-state index contributed by atoms with van der Waals surface area (Å²) in [6, 6.07) is 1.52. The number of piperidine rings is 6. The first-order chi connectivity index (χ1) is 59.9. The Morgan fingerprint density at radius 2 is 0.383 bits per heavy atom. The summed E-state index contributed by atoms with van der Waals surface area (Å²) in [4.78, 5) is 86.2. The molecule has 0 amide bonds. The molecule has 8 heterocycles. The van der Waals surface area contributed by atoms with Crippen LogP contribution >= 0.6 is 0 Å². The van der Waals surface area contributed by atoms with Crippen LogP contribution in [-0.4, -0.2) is 242 Å². The molecule has 11 rings (SSSR count). The summed E-state index contributed by atoms with van der Waals surface area (Å²) in [6.07, 6.45) is 44.5. The van der Waals surface area contributed by atoms with Gasteiger partial charge in [0.1, 0.15) is 0 Å². The molecule has 0 bridgehead atoms. The molecule has 6 aliphatic heterocycles. The Morgan fingerprint density at radius 1 is 0.234 bits per heavy atom. The second-order valence-corrected chi connectivity index (χ2v) is 49.4. The zero-order valence-corrected chi connectivity index (χ0v) is 89.1. The summed E-state index contributed by atoms with van der Waals surface area (Å²) in [7, 11) is 5.95. The molecule has 2 aromatic heterocycles. The van der Waals surface area contributed by atoms with Gasteiger partial charge in [0.05, 0.1) is 32.5 Å². The molecule has 0 atom stereocenters. The first kappa shape index (κ1) is 106. The van der Waals surface area contributed by atoms with Crippen molar-refractivity contribution in [2.45, 2.75) is 579 Å². The number of unbranched alkanes of at least 4 members (excludes halogenated alkanes) is 6. The highest BCUT2D eigenvalue weighted by Gasteiger charge is 2.56. The van der Waals surface area contributed by atoms with E-state index in [1.165, 1.54) is 57.8 Å². The van der Waals surface area contributed by atoms with Crippen molar-refractivity contribution in [3.05, 3.63) is 0 Å². The third-order valence-electron chi connectivity index (χ3n) is 31.8. The number of rotatable bonds is 38. The molecule has 9 fully saturated rings. The van der Waals surface area contributed by atoms with Crippen LogP contribution in [0.3, 0.4) is 0 Å². The second kappa shape index (κ2) is 43.8. The first-order valence-corrected chi connectivity index (χ1v) is 52.9. The van der Waals surface area contributed by atoms with Crippen molar-refractivity contribution in [2.75, 3.05) is 89.9 Å². The fourth-order valence-electron chi connectivity index (χ4n) is 26.6. The van der Waals surface area contributed by atoms with Gasteiger partial charge >= 0.3 is 0 Å². The zero-order chi connectivity index (χ0) is 94.2. The van der Waals surface area contributed by atoms with Crippen molar-refractivity contribution >= 4 is 35.7 Å². The van der Waals surface area contributed by atoms with Gasteiger partial charge in [0.15, 0.2) is 0 Å². The summed E-state index contributed by atoms with van der Waals surface area (Å²) in [5.74, 6) is 5.10. The van der Waals surface area contributed by atoms with Crippen molar-refractivity contribution < 1.29 is 24.2 Å². The fraction of sp³-hybridized carbons (Fsp3) is 0.943. The molecule has 0 radical (unpaired) electrons. The number of nitrogens with zero attached hydrogens (tertiary/aromatic N) is 18. The molecule has 0 spiro atoms. The van der Waals surface area contributed by atoms with Crippen LogP contribution in [0.15, 0.2) is 0 Å². The predicted molar refractivity (Wildman–Crippen MR) is 535 cm³/mol. The minimum absolute atomic E-state index is 0.0366. The van der Waals surface area contributed by atoms with Gasteiger partial charge in [-0.15, -0.1) is 0 Å². The van der Waals surface area contributed by atoms with Crippen molar-refractivity contribution in [3.63, 3.8) is 0 Å². The lowest BCUT2D eigenvalue weighted by molar-refractivity contribution is -0.310. The number of hydrogen-bond acceptors (Lipinski definition) is 23. The van der Waals surface area contributed by atoms with E-state index < -0.39 is 0 Å². The largest absolute Gasteiger partial charge is 0.338 e. The van der Waals surface area contributed by atoms with Crippen LogP contribution in [0.4, 0.5) is 35.7 Å². The lowest BCUT2D eigenvalue weighted by Crippen LogP contribution is -2.65. The molecule has 2 aromatic rings. The molecule has 3 aliphatic carbocycles. The van der Waals surface area contributed by atoms with E-state index in [4.69, 9.17) is 54.1 Å². The van der Waals surface area contributed by atoms with Crippen LogP contribution in [-0.2, 0) is 24.2 Å². The Balaban J connectivity index is 0.000000276. The minimum atomic E-state index is -0.178. The molecule has 9 aliphatic rings. The van der Waals surface area contributed by atoms with Gasteiger partial charge in [0.25, 0.3) is 0 Å². The highest BCUT2D eigenvalue weighted by Crippen LogP contribution is 2.51. The Morgan fingerprint density at radius 3 is 0.531 bits per heavy atom. The van der Waals surface area contributed by atoms with Gasteiger partial charge in [-0.05, 0) is 327 Å². The second-order valence-electron chi connectivity index (χ2n) is 49.4. The third kappa shape index (κ3) is 25.8. The average Bonchev–Trinajstić information content (AvgIpc) is 0.757. The molecule has 23 heteroatoms. The van der Waals surface area contributed by atoms with Crippen molar-refractivity contribution in [2.24, 2.45) is 0 Å². The summed E-state index contributed by atoms with van der Waals surface area (Å²) in [5.41, 5.74) is -1.65. The molecular weight excluding hydrogens is 1590 g/mol. The molecule has 0 unspecified atom stereocenters. The number of hydrogen-bond donors (Lipinski definition) is 0. The van der Waals surface area contributed by atoms with Crippen molar-refractivity contribution in [1.82, 2.24) is 60.1 Å². The van der Waals surface area contributed by atoms with E-state index in [1.807, 2.05) is 14.2 Å². The first-order valence-electron chi connectivity index (χ1n) is 52.9. The topological polar surface area (TPSA) is 162 Å². The Kier molecular flexibility index (Phi) is 36.4. The molecule has 738 valence electrons. The maximum atomic E-state index is 7.09. The molecule has 6 saturated heterocycles. The Hall–Kier alpha value is -3.62. The van der Waals surface area contributed by atoms with E-state index >= 15 is 0 Å². The third-order valence-corrected chi connectivity index (χ3v) is 31.8. The summed E-state index contributed by atoms with van der Waals surface area (Å²) in [5, 5.41) is 11.7. The number of anilines is 6. The maximum Gasteiger partial charge on any atom is 0.232 e. The van der Waals surface area contributed by atoms with Crippen LogP contribution in [0.2, 0.25) is 0 Å². The van der Waals surface area contributed by atoms with Crippen LogP contribution in [0.5, 0.6) is 0 Å². The summed E-state index contributed by atoms with van der Waals surface area (Å²) >= 11 is 0. The van der Waals surface area contributed by atoms with E-state index in [1.54, 1.807) is 0 Å². The number of hydroxylamine groups is 10. The van der Waals surface area contributed by atoms with Crippen LogP contribution in [0, 0.1) is 0 Å². The van der Waals surface area contributed by atoms with E-state index in [2.05, 4.69) is 274 Å².